The van der Waals surface area contributed by atoms with E-state index in [2.05, 4.69) is 103 Å². The summed E-state index contributed by atoms with van der Waals surface area (Å²) in [5.41, 5.74) is 3.42. The molecule has 178 valence electrons. The molecule has 1 heterocycles. The molecule has 5 rings (SSSR count). The van der Waals surface area contributed by atoms with Gasteiger partial charge < -0.3 is 9.09 Å². The summed E-state index contributed by atoms with van der Waals surface area (Å²) in [5, 5.41) is 3.41. The second kappa shape index (κ2) is 9.33. The number of hydrogen-bond acceptors (Lipinski definition) is 2. The van der Waals surface area contributed by atoms with E-state index in [1.807, 2.05) is 42.5 Å². The van der Waals surface area contributed by atoms with Crippen LogP contribution in [0.5, 0.6) is 5.75 Å². The third kappa shape index (κ3) is 4.35. The molecule has 35 heavy (non-hydrogen) atoms. The van der Waals surface area contributed by atoms with Crippen LogP contribution in [0.3, 0.4) is 0 Å². The zero-order valence-electron chi connectivity index (χ0n) is 20.6. The van der Waals surface area contributed by atoms with Gasteiger partial charge in [0.1, 0.15) is 5.75 Å². The van der Waals surface area contributed by atoms with Gasteiger partial charge in [-0.05, 0) is 67.6 Å². The summed E-state index contributed by atoms with van der Waals surface area (Å²) in [7, 11) is -2.57. The number of aryl methyl sites for hydroxylation is 1. The van der Waals surface area contributed by atoms with Gasteiger partial charge in [-0.3, -0.25) is 0 Å². The van der Waals surface area contributed by atoms with Gasteiger partial charge in [-0.2, -0.15) is 0 Å². The molecule has 5 heteroatoms. The van der Waals surface area contributed by atoms with Gasteiger partial charge in [0.25, 0.3) is 0 Å². The fraction of sp³-hybridized carbons (Fsp3) is 0.200. The van der Waals surface area contributed by atoms with E-state index >= 15 is 0 Å². The molecule has 0 aliphatic heterocycles. The Kier molecular flexibility index (Phi) is 6.38. The monoisotopic (exact) mass is 544 g/mol. The van der Waals surface area contributed by atoms with E-state index in [9.17, 15) is 0 Å². The Bertz CT molecular complexity index is 1550. The minimum Gasteiger partial charge on any atom is -0.455 e. The smallest absolute Gasteiger partial charge is 0.173 e. The first-order valence-corrected chi connectivity index (χ1v) is 14.4. The van der Waals surface area contributed by atoms with Crippen molar-refractivity contribution in [3.8, 4) is 5.75 Å². The molecule has 0 aliphatic carbocycles. The summed E-state index contributed by atoms with van der Waals surface area (Å²) in [6.45, 7) is 9.85. The van der Waals surface area contributed by atoms with Crippen molar-refractivity contribution in [2.75, 3.05) is 0 Å². The highest BCUT2D eigenvalue weighted by Gasteiger charge is 2.39. The van der Waals surface area contributed by atoms with Gasteiger partial charge in [-0.1, -0.05) is 73.1 Å². The van der Waals surface area contributed by atoms with Crippen molar-refractivity contribution in [1.29, 1.82) is 0 Å². The minimum absolute atomic E-state index is 0.243. The van der Waals surface area contributed by atoms with Crippen LogP contribution in [0.1, 0.15) is 27.7 Å². The number of para-hydroxylation sites is 2. The van der Waals surface area contributed by atoms with Gasteiger partial charge >= 0.3 is 0 Å². The largest absolute Gasteiger partial charge is 0.455 e. The van der Waals surface area contributed by atoms with Gasteiger partial charge in [-0.15, -0.1) is 0 Å². The van der Waals surface area contributed by atoms with Gasteiger partial charge in [0.2, 0.25) is 0 Å². The molecule has 5 aromatic rings. The van der Waals surface area contributed by atoms with Crippen molar-refractivity contribution in [2.45, 2.75) is 39.4 Å². The molecule has 0 unspecified atom stereocenters. The van der Waals surface area contributed by atoms with E-state index in [1.54, 1.807) is 0 Å². The number of rotatable bonds is 5. The molecule has 0 fully saturated rings. The van der Waals surface area contributed by atoms with Gasteiger partial charge in [-0.25, -0.2) is 4.74 Å². The first-order valence-electron chi connectivity index (χ1n) is 12.0. The van der Waals surface area contributed by atoms with Crippen molar-refractivity contribution in [3.05, 3.63) is 102 Å². The molecular formula is C30H30BrN2OP. The van der Waals surface area contributed by atoms with Crippen LogP contribution in [-0.2, 0) is 6.54 Å². The first-order chi connectivity index (χ1) is 16.8. The number of aromatic nitrogens is 1. The normalized spacial score (nSPS) is 13.6. The maximum absolute atomic E-state index is 7.01. The third-order valence-corrected chi connectivity index (χ3v) is 10.7. The molecule has 4 aromatic carbocycles. The Hall–Kier alpha value is -2.81. The lowest BCUT2D eigenvalue weighted by atomic mass is 10.1. The Labute approximate surface area is 216 Å². The molecular weight excluding hydrogens is 515 g/mol. The number of halogens is 1. The number of hydrogen-bond donors (Lipinski definition) is 0. The van der Waals surface area contributed by atoms with Crippen LogP contribution in [-0.4, -0.2) is 9.72 Å². The van der Waals surface area contributed by atoms with Crippen LogP contribution in [0.4, 0.5) is 5.69 Å². The summed E-state index contributed by atoms with van der Waals surface area (Å²) < 4.78 is 15.9. The highest BCUT2D eigenvalue weighted by Crippen LogP contribution is 2.62. The average molecular weight is 545 g/mol. The lowest BCUT2D eigenvalue weighted by Gasteiger charge is -2.37. The predicted molar refractivity (Wildman–Crippen MR) is 155 cm³/mol. The zero-order valence-corrected chi connectivity index (χ0v) is 23.1. The van der Waals surface area contributed by atoms with E-state index < -0.39 is 7.28 Å². The van der Waals surface area contributed by atoms with Gasteiger partial charge in [0.15, 0.2) is 7.28 Å². The Morgan fingerprint density at radius 3 is 2.14 bits per heavy atom. The lowest BCUT2D eigenvalue weighted by Crippen LogP contribution is -2.27. The van der Waals surface area contributed by atoms with Crippen LogP contribution in [0.25, 0.3) is 21.8 Å². The second-order valence-electron chi connectivity index (χ2n) is 9.69. The van der Waals surface area contributed by atoms with Crippen LogP contribution in [0.15, 0.2) is 106 Å². The summed E-state index contributed by atoms with van der Waals surface area (Å²) in [5.74, 6) is 0.840. The summed E-state index contributed by atoms with van der Waals surface area (Å²) in [4.78, 5) is 0. The maximum atomic E-state index is 7.01. The number of fused-ring (bicyclic) bond motifs is 3. The fourth-order valence-corrected chi connectivity index (χ4v) is 8.02. The number of nitrogens with zero attached hydrogens (tertiary/aromatic N) is 2. The van der Waals surface area contributed by atoms with Crippen molar-refractivity contribution >= 4 is 56.0 Å². The molecule has 1 aromatic heterocycles. The summed E-state index contributed by atoms with van der Waals surface area (Å²) >= 11 is 3.56. The third-order valence-electron chi connectivity index (χ3n) is 6.40. The topological polar surface area (TPSA) is 26.5 Å². The molecule has 0 spiro atoms. The number of benzene rings is 4. The van der Waals surface area contributed by atoms with Crippen LogP contribution < -0.4 is 9.83 Å². The minimum atomic E-state index is -2.57. The Balaban J connectivity index is 1.84. The first kappa shape index (κ1) is 23.9. The van der Waals surface area contributed by atoms with Crippen LogP contribution in [0, 0.1) is 0 Å². The predicted octanol–water partition coefficient (Wildman–Crippen LogP) is 9.53. The Morgan fingerprint density at radius 1 is 0.800 bits per heavy atom. The van der Waals surface area contributed by atoms with Crippen LogP contribution >= 0.6 is 23.2 Å². The molecule has 0 bridgehead atoms. The highest BCUT2D eigenvalue weighted by atomic mass is 79.9. The van der Waals surface area contributed by atoms with Crippen molar-refractivity contribution in [1.82, 2.24) is 4.57 Å². The second-order valence-corrected chi connectivity index (χ2v) is 14.0. The molecule has 0 saturated carbocycles. The fourth-order valence-electron chi connectivity index (χ4n) is 4.68. The SMILES string of the molecule is CCn1c2ccccc2c2cc([P@@](=Nc3ccc(Br)cc3)(Oc3ccccc3)C(C)(C)C)ccc21. The molecule has 0 saturated heterocycles. The molecule has 0 aliphatic rings. The summed E-state index contributed by atoms with van der Waals surface area (Å²) in [6.07, 6.45) is 0. The van der Waals surface area contributed by atoms with Gasteiger partial charge in [0.05, 0.1) is 5.69 Å². The molecule has 0 N–H and O–H groups in total. The van der Waals surface area contributed by atoms with Crippen molar-refractivity contribution in [3.63, 3.8) is 0 Å². The van der Waals surface area contributed by atoms with E-state index in [0.29, 0.717) is 0 Å². The molecule has 0 amide bonds. The molecule has 3 nitrogen and oxygen atoms in total. The van der Waals surface area contributed by atoms with Crippen molar-refractivity contribution < 1.29 is 4.52 Å². The van der Waals surface area contributed by atoms with Crippen LogP contribution in [0.2, 0.25) is 0 Å². The molecule has 0 radical (unpaired) electrons. The standard InChI is InChI=1S/C30H30BrN2OP/c1-5-33-28-14-10-9-13-26(28)27-21-25(19-20-29(27)33)35(30(2,3)4,34-24-11-7-6-8-12-24)32-23-17-15-22(31)16-18-23/h6-21H,5H2,1-4H3/t35-/m1/s1. The summed E-state index contributed by atoms with van der Waals surface area (Å²) in [6, 6.07) is 33.8. The van der Waals surface area contributed by atoms with E-state index in [4.69, 9.17) is 9.27 Å². The lowest BCUT2D eigenvalue weighted by molar-refractivity contribution is 0.571. The maximum Gasteiger partial charge on any atom is 0.173 e. The average Bonchev–Trinajstić information content (AvgIpc) is 3.18. The zero-order chi connectivity index (χ0) is 24.6. The Morgan fingerprint density at radius 2 is 1.46 bits per heavy atom. The van der Waals surface area contributed by atoms with E-state index in [1.165, 1.54) is 21.8 Å². The quantitative estimate of drug-likeness (QED) is 0.202. The van der Waals surface area contributed by atoms with Crippen molar-refractivity contribution in [2.24, 2.45) is 4.74 Å². The van der Waals surface area contributed by atoms with E-state index in [-0.39, 0.29) is 5.16 Å². The van der Waals surface area contributed by atoms with Gasteiger partial charge in [0, 0.05) is 43.3 Å². The molecule has 1 atom stereocenters. The van der Waals surface area contributed by atoms with E-state index in [0.717, 1.165) is 27.8 Å². The highest BCUT2D eigenvalue weighted by molar-refractivity contribution is 9.10.